The van der Waals surface area contributed by atoms with Gasteiger partial charge in [0.2, 0.25) is 0 Å². The predicted octanol–water partition coefficient (Wildman–Crippen LogP) is 1.59. The second-order valence-corrected chi connectivity index (χ2v) is 7.72. The van der Waals surface area contributed by atoms with Crippen LogP contribution in [0.2, 0.25) is 0 Å². The van der Waals surface area contributed by atoms with Crippen molar-refractivity contribution in [2.75, 3.05) is 25.4 Å². The SMILES string of the molecule is CCN(C1CCNC1)C1CCS(=O)(=O)c2ccccc21. The van der Waals surface area contributed by atoms with Crippen LogP contribution in [-0.4, -0.2) is 44.7 Å². The van der Waals surface area contributed by atoms with E-state index in [9.17, 15) is 8.42 Å². The van der Waals surface area contributed by atoms with Gasteiger partial charge >= 0.3 is 0 Å². The van der Waals surface area contributed by atoms with Crippen molar-refractivity contribution in [2.24, 2.45) is 0 Å². The highest BCUT2D eigenvalue weighted by Gasteiger charge is 2.35. The lowest BCUT2D eigenvalue weighted by Gasteiger charge is -2.38. The first kappa shape index (κ1) is 14.0. The third kappa shape index (κ3) is 2.38. The maximum Gasteiger partial charge on any atom is 0.178 e. The average molecular weight is 294 g/mol. The van der Waals surface area contributed by atoms with E-state index in [0.29, 0.717) is 17.4 Å². The summed E-state index contributed by atoms with van der Waals surface area (Å²) in [4.78, 5) is 3.02. The van der Waals surface area contributed by atoms with Crippen LogP contribution in [0.5, 0.6) is 0 Å². The van der Waals surface area contributed by atoms with E-state index in [1.54, 1.807) is 6.07 Å². The Hall–Kier alpha value is -0.910. The molecule has 5 heteroatoms. The Morgan fingerprint density at radius 2 is 2.10 bits per heavy atom. The van der Waals surface area contributed by atoms with Gasteiger partial charge in [-0.1, -0.05) is 25.1 Å². The zero-order valence-electron chi connectivity index (χ0n) is 11.9. The van der Waals surface area contributed by atoms with Gasteiger partial charge in [-0.15, -0.1) is 0 Å². The summed E-state index contributed by atoms with van der Waals surface area (Å²) in [6.07, 6.45) is 1.86. The Morgan fingerprint density at radius 1 is 1.30 bits per heavy atom. The fourth-order valence-electron chi connectivity index (χ4n) is 3.57. The quantitative estimate of drug-likeness (QED) is 0.920. The Labute approximate surface area is 121 Å². The van der Waals surface area contributed by atoms with E-state index in [2.05, 4.69) is 17.1 Å². The number of likely N-dealkylation sites (N-methyl/N-ethyl adjacent to an activating group) is 1. The molecule has 2 unspecified atom stereocenters. The molecule has 4 nitrogen and oxygen atoms in total. The van der Waals surface area contributed by atoms with Crippen LogP contribution in [0.1, 0.15) is 31.4 Å². The molecule has 0 spiro atoms. The van der Waals surface area contributed by atoms with Crippen molar-refractivity contribution in [3.63, 3.8) is 0 Å². The minimum Gasteiger partial charge on any atom is -0.315 e. The van der Waals surface area contributed by atoms with Gasteiger partial charge < -0.3 is 5.32 Å². The van der Waals surface area contributed by atoms with Crippen LogP contribution in [0.4, 0.5) is 0 Å². The lowest BCUT2D eigenvalue weighted by Crippen LogP contribution is -2.42. The number of nitrogens with zero attached hydrogens (tertiary/aromatic N) is 1. The first-order chi connectivity index (χ1) is 9.63. The van der Waals surface area contributed by atoms with E-state index in [4.69, 9.17) is 0 Å². The molecule has 2 aliphatic heterocycles. The molecule has 0 aliphatic carbocycles. The summed E-state index contributed by atoms with van der Waals surface area (Å²) < 4.78 is 24.4. The molecule has 110 valence electrons. The third-order valence-electron chi connectivity index (χ3n) is 4.54. The van der Waals surface area contributed by atoms with E-state index in [0.717, 1.165) is 31.6 Å². The number of fused-ring (bicyclic) bond motifs is 1. The largest absolute Gasteiger partial charge is 0.315 e. The van der Waals surface area contributed by atoms with Crippen molar-refractivity contribution in [1.82, 2.24) is 10.2 Å². The van der Waals surface area contributed by atoms with Crippen molar-refractivity contribution in [3.8, 4) is 0 Å². The summed E-state index contributed by atoms with van der Waals surface area (Å²) in [7, 11) is -3.08. The molecule has 0 radical (unpaired) electrons. The smallest absolute Gasteiger partial charge is 0.178 e. The first-order valence-corrected chi connectivity index (χ1v) is 9.07. The molecular formula is C15H22N2O2S. The van der Waals surface area contributed by atoms with E-state index < -0.39 is 9.84 Å². The van der Waals surface area contributed by atoms with E-state index >= 15 is 0 Å². The highest BCUT2D eigenvalue weighted by atomic mass is 32.2. The Balaban J connectivity index is 1.98. The molecule has 0 aromatic heterocycles. The van der Waals surface area contributed by atoms with Gasteiger partial charge in [-0.2, -0.15) is 0 Å². The first-order valence-electron chi connectivity index (χ1n) is 7.41. The van der Waals surface area contributed by atoms with Crippen molar-refractivity contribution in [2.45, 2.75) is 36.7 Å². The van der Waals surface area contributed by atoms with Gasteiger partial charge in [0.1, 0.15) is 0 Å². The summed E-state index contributed by atoms with van der Waals surface area (Å²) in [6, 6.07) is 8.29. The second-order valence-electron chi connectivity index (χ2n) is 5.64. The summed E-state index contributed by atoms with van der Waals surface area (Å²) >= 11 is 0. The van der Waals surface area contributed by atoms with Crippen LogP contribution in [0, 0.1) is 0 Å². The number of nitrogens with one attached hydrogen (secondary N) is 1. The van der Waals surface area contributed by atoms with Crippen molar-refractivity contribution < 1.29 is 8.42 Å². The monoisotopic (exact) mass is 294 g/mol. The molecule has 0 saturated carbocycles. The van der Waals surface area contributed by atoms with Crippen LogP contribution in [0.15, 0.2) is 29.2 Å². The van der Waals surface area contributed by atoms with E-state index in [-0.39, 0.29) is 11.8 Å². The number of hydrogen-bond acceptors (Lipinski definition) is 4. The highest BCUT2D eigenvalue weighted by molar-refractivity contribution is 7.91. The highest BCUT2D eigenvalue weighted by Crippen LogP contribution is 2.37. The summed E-state index contributed by atoms with van der Waals surface area (Å²) in [5.41, 5.74) is 0.993. The van der Waals surface area contributed by atoms with Crippen LogP contribution in [-0.2, 0) is 9.84 Å². The topological polar surface area (TPSA) is 49.4 Å². The van der Waals surface area contributed by atoms with Gasteiger partial charge in [-0.25, -0.2) is 8.42 Å². The van der Waals surface area contributed by atoms with Crippen LogP contribution in [0.3, 0.4) is 0 Å². The maximum atomic E-state index is 12.2. The van der Waals surface area contributed by atoms with E-state index in [1.165, 1.54) is 0 Å². The molecule has 2 heterocycles. The van der Waals surface area contributed by atoms with Crippen molar-refractivity contribution in [1.29, 1.82) is 0 Å². The third-order valence-corrected chi connectivity index (χ3v) is 6.36. The lowest BCUT2D eigenvalue weighted by molar-refractivity contribution is 0.144. The summed E-state index contributed by atoms with van der Waals surface area (Å²) in [6.45, 7) is 5.21. The lowest BCUT2D eigenvalue weighted by atomic mass is 9.99. The maximum absolute atomic E-state index is 12.2. The standard InChI is InChI=1S/C15H22N2O2S/c1-2-17(12-7-9-16-11-12)14-8-10-20(18,19)15-6-4-3-5-13(14)15/h3-6,12,14,16H,2,7-11H2,1H3. The molecule has 20 heavy (non-hydrogen) atoms. The van der Waals surface area contributed by atoms with Crippen LogP contribution in [0.25, 0.3) is 0 Å². The number of rotatable bonds is 3. The predicted molar refractivity (Wildman–Crippen MR) is 79.5 cm³/mol. The summed E-state index contributed by atoms with van der Waals surface area (Å²) in [5, 5.41) is 3.41. The number of sulfone groups is 1. The molecule has 2 atom stereocenters. The molecule has 1 aromatic rings. The zero-order chi connectivity index (χ0) is 14.2. The van der Waals surface area contributed by atoms with Gasteiger partial charge in [-0.3, -0.25) is 4.90 Å². The van der Waals surface area contributed by atoms with Gasteiger partial charge in [0, 0.05) is 18.6 Å². The molecule has 1 aromatic carbocycles. The Bertz CT molecular complexity index is 579. The van der Waals surface area contributed by atoms with Gasteiger partial charge in [-0.05, 0) is 37.6 Å². The molecule has 2 aliphatic rings. The van der Waals surface area contributed by atoms with Crippen molar-refractivity contribution >= 4 is 9.84 Å². The molecule has 0 amide bonds. The molecular weight excluding hydrogens is 272 g/mol. The molecule has 0 bridgehead atoms. The Morgan fingerprint density at radius 3 is 2.80 bits per heavy atom. The number of benzene rings is 1. The minimum absolute atomic E-state index is 0.240. The molecule has 1 saturated heterocycles. The molecule has 1 N–H and O–H groups in total. The fourth-order valence-corrected chi connectivity index (χ4v) is 5.17. The van der Waals surface area contributed by atoms with Crippen molar-refractivity contribution in [3.05, 3.63) is 29.8 Å². The average Bonchev–Trinajstić information content (AvgIpc) is 2.96. The van der Waals surface area contributed by atoms with Gasteiger partial charge in [0.15, 0.2) is 9.84 Å². The van der Waals surface area contributed by atoms with Gasteiger partial charge in [0.25, 0.3) is 0 Å². The normalized spacial score (nSPS) is 28.5. The molecule has 3 rings (SSSR count). The summed E-state index contributed by atoms with van der Waals surface area (Å²) in [5.74, 6) is 0.269. The molecule has 1 fully saturated rings. The van der Waals surface area contributed by atoms with Crippen LogP contribution < -0.4 is 5.32 Å². The second kappa shape index (κ2) is 5.47. The van der Waals surface area contributed by atoms with E-state index in [1.807, 2.05) is 18.2 Å². The van der Waals surface area contributed by atoms with Crippen LogP contribution >= 0.6 is 0 Å². The Kier molecular flexibility index (Phi) is 3.84. The minimum atomic E-state index is -3.08. The number of hydrogen-bond donors (Lipinski definition) is 1. The van der Waals surface area contributed by atoms with Gasteiger partial charge in [0.05, 0.1) is 10.6 Å². The zero-order valence-corrected chi connectivity index (χ0v) is 12.7. The fraction of sp³-hybridized carbons (Fsp3) is 0.600.